The summed E-state index contributed by atoms with van der Waals surface area (Å²) in [5.41, 5.74) is 9.83. The molecule has 0 spiro atoms. The molecule has 0 aromatic heterocycles. The normalized spacial score (nSPS) is 25.0. The summed E-state index contributed by atoms with van der Waals surface area (Å²) in [4.78, 5) is 0. The van der Waals surface area contributed by atoms with E-state index >= 15 is 0 Å². The highest BCUT2D eigenvalue weighted by molar-refractivity contribution is 5.58. The molecule has 0 unspecified atom stereocenters. The van der Waals surface area contributed by atoms with Crippen molar-refractivity contribution in [2.75, 3.05) is 18.5 Å². The van der Waals surface area contributed by atoms with E-state index in [0.717, 1.165) is 30.7 Å². The number of anilines is 1. The molecule has 1 aromatic carbocycles. The summed E-state index contributed by atoms with van der Waals surface area (Å²) in [6, 6.07) is 4.74. The van der Waals surface area contributed by atoms with Crippen LogP contribution in [0.15, 0.2) is 12.1 Å². The molecule has 0 heterocycles. The third-order valence-corrected chi connectivity index (χ3v) is 5.38. The average Bonchev–Trinajstić information content (AvgIpc) is 3.34. The Bertz CT molecular complexity index is 502. The van der Waals surface area contributed by atoms with E-state index in [2.05, 4.69) is 31.3 Å². The fourth-order valence-electron chi connectivity index (χ4n) is 3.28. The van der Waals surface area contributed by atoms with Crippen LogP contribution in [0.1, 0.15) is 49.7 Å². The molecule has 0 bridgehead atoms. The van der Waals surface area contributed by atoms with Crippen molar-refractivity contribution < 1.29 is 4.74 Å². The standard InChI is InChI=1S/C19H30N2O/c1-13-14(2)19(22-12-16-3-4-16)10-9-18(13)21-11-15-5-7-17(20)8-6-15/h9-10,15-17,21H,3-8,11-12,20H2,1-2H3. The van der Waals surface area contributed by atoms with Gasteiger partial charge < -0.3 is 15.8 Å². The average molecular weight is 302 g/mol. The van der Waals surface area contributed by atoms with E-state index in [9.17, 15) is 0 Å². The van der Waals surface area contributed by atoms with Gasteiger partial charge in [-0.3, -0.25) is 0 Å². The zero-order valence-electron chi connectivity index (χ0n) is 14.0. The van der Waals surface area contributed by atoms with E-state index in [0.29, 0.717) is 6.04 Å². The maximum absolute atomic E-state index is 5.98. The molecule has 0 radical (unpaired) electrons. The van der Waals surface area contributed by atoms with Crippen LogP contribution >= 0.6 is 0 Å². The van der Waals surface area contributed by atoms with Gasteiger partial charge in [-0.05, 0) is 87.5 Å². The molecule has 0 aliphatic heterocycles. The third kappa shape index (κ3) is 3.95. The summed E-state index contributed by atoms with van der Waals surface area (Å²) in [7, 11) is 0. The zero-order chi connectivity index (χ0) is 15.5. The highest BCUT2D eigenvalue weighted by atomic mass is 16.5. The van der Waals surface area contributed by atoms with Crippen molar-refractivity contribution in [3.63, 3.8) is 0 Å². The molecule has 22 heavy (non-hydrogen) atoms. The van der Waals surface area contributed by atoms with Gasteiger partial charge in [-0.1, -0.05) is 0 Å². The molecule has 3 heteroatoms. The molecule has 3 rings (SSSR count). The molecular formula is C19H30N2O. The second kappa shape index (κ2) is 6.91. The first-order valence-electron chi connectivity index (χ1n) is 8.86. The number of hydrogen-bond donors (Lipinski definition) is 2. The van der Waals surface area contributed by atoms with E-state index in [1.54, 1.807) is 0 Å². The maximum atomic E-state index is 5.98. The molecule has 2 saturated carbocycles. The van der Waals surface area contributed by atoms with Gasteiger partial charge in [0.25, 0.3) is 0 Å². The van der Waals surface area contributed by atoms with Crippen molar-refractivity contribution in [2.24, 2.45) is 17.6 Å². The van der Waals surface area contributed by atoms with Crippen molar-refractivity contribution in [3.05, 3.63) is 23.3 Å². The second-order valence-electron chi connectivity index (χ2n) is 7.28. The van der Waals surface area contributed by atoms with Crippen molar-refractivity contribution in [1.82, 2.24) is 0 Å². The summed E-state index contributed by atoms with van der Waals surface area (Å²) in [5.74, 6) is 2.62. The van der Waals surface area contributed by atoms with Crippen LogP contribution < -0.4 is 15.8 Å². The maximum Gasteiger partial charge on any atom is 0.122 e. The highest BCUT2D eigenvalue weighted by Crippen LogP contribution is 2.33. The van der Waals surface area contributed by atoms with Crippen LogP contribution in [-0.4, -0.2) is 19.2 Å². The molecule has 0 amide bonds. The smallest absolute Gasteiger partial charge is 0.122 e. The molecular weight excluding hydrogens is 272 g/mol. The number of hydrogen-bond acceptors (Lipinski definition) is 3. The van der Waals surface area contributed by atoms with E-state index in [-0.39, 0.29) is 0 Å². The van der Waals surface area contributed by atoms with Crippen molar-refractivity contribution in [3.8, 4) is 5.75 Å². The molecule has 0 atom stereocenters. The highest BCUT2D eigenvalue weighted by Gasteiger charge is 2.22. The lowest BCUT2D eigenvalue weighted by atomic mass is 9.86. The Balaban J connectivity index is 1.55. The fraction of sp³-hybridized carbons (Fsp3) is 0.684. The quantitative estimate of drug-likeness (QED) is 0.834. The van der Waals surface area contributed by atoms with Gasteiger partial charge in [-0.25, -0.2) is 0 Å². The van der Waals surface area contributed by atoms with Crippen molar-refractivity contribution >= 4 is 5.69 Å². The fourth-order valence-corrected chi connectivity index (χ4v) is 3.28. The summed E-state index contributed by atoms with van der Waals surface area (Å²) in [5, 5.41) is 3.65. The van der Waals surface area contributed by atoms with Crippen LogP contribution in [0.3, 0.4) is 0 Å². The Morgan fingerprint density at radius 2 is 1.68 bits per heavy atom. The Hall–Kier alpha value is -1.22. The minimum Gasteiger partial charge on any atom is -0.493 e. The van der Waals surface area contributed by atoms with Gasteiger partial charge in [0.2, 0.25) is 0 Å². The third-order valence-electron chi connectivity index (χ3n) is 5.38. The van der Waals surface area contributed by atoms with Gasteiger partial charge in [0.1, 0.15) is 5.75 Å². The lowest BCUT2D eigenvalue weighted by Gasteiger charge is -2.27. The van der Waals surface area contributed by atoms with Crippen molar-refractivity contribution in [2.45, 2.75) is 58.4 Å². The van der Waals surface area contributed by atoms with Gasteiger partial charge in [0.15, 0.2) is 0 Å². The first-order chi connectivity index (χ1) is 10.6. The lowest BCUT2D eigenvalue weighted by molar-refractivity contribution is 0.297. The SMILES string of the molecule is Cc1c(NCC2CCC(N)CC2)ccc(OCC2CC2)c1C. The van der Waals surface area contributed by atoms with Gasteiger partial charge >= 0.3 is 0 Å². The van der Waals surface area contributed by atoms with Crippen molar-refractivity contribution in [1.29, 1.82) is 0 Å². The summed E-state index contributed by atoms with van der Waals surface area (Å²) in [6.45, 7) is 6.31. The summed E-state index contributed by atoms with van der Waals surface area (Å²) >= 11 is 0. The van der Waals surface area contributed by atoms with Gasteiger partial charge in [-0.15, -0.1) is 0 Å². The molecule has 1 aromatic rings. The molecule has 122 valence electrons. The lowest BCUT2D eigenvalue weighted by Crippen LogP contribution is -2.29. The first-order valence-corrected chi connectivity index (χ1v) is 8.86. The summed E-state index contributed by atoms with van der Waals surface area (Å²) < 4.78 is 5.96. The topological polar surface area (TPSA) is 47.3 Å². The predicted molar refractivity (Wildman–Crippen MR) is 92.6 cm³/mol. The first kappa shape index (κ1) is 15.7. The Morgan fingerprint density at radius 1 is 1.00 bits per heavy atom. The minimum atomic E-state index is 0.433. The molecule has 2 fully saturated rings. The Labute approximate surface area is 134 Å². The molecule has 3 nitrogen and oxygen atoms in total. The van der Waals surface area contributed by atoms with E-state index in [4.69, 9.17) is 10.5 Å². The van der Waals surface area contributed by atoms with Gasteiger partial charge in [0, 0.05) is 18.3 Å². The second-order valence-corrected chi connectivity index (χ2v) is 7.28. The van der Waals surface area contributed by atoms with Crippen LogP contribution in [0, 0.1) is 25.7 Å². The predicted octanol–water partition coefficient (Wildman–Crippen LogP) is 4.02. The summed E-state index contributed by atoms with van der Waals surface area (Å²) in [6.07, 6.45) is 7.55. The number of nitrogens with two attached hydrogens (primary N) is 1. The Morgan fingerprint density at radius 3 is 2.36 bits per heavy atom. The number of ether oxygens (including phenoxy) is 1. The number of nitrogens with one attached hydrogen (secondary N) is 1. The van der Waals surface area contributed by atoms with Crippen LogP contribution in [0.25, 0.3) is 0 Å². The van der Waals surface area contributed by atoms with Crippen LogP contribution in [0.4, 0.5) is 5.69 Å². The van der Waals surface area contributed by atoms with Gasteiger partial charge in [0.05, 0.1) is 6.61 Å². The van der Waals surface area contributed by atoms with Crippen LogP contribution in [-0.2, 0) is 0 Å². The van der Waals surface area contributed by atoms with Crippen LogP contribution in [0.5, 0.6) is 5.75 Å². The van der Waals surface area contributed by atoms with Crippen LogP contribution in [0.2, 0.25) is 0 Å². The van der Waals surface area contributed by atoms with E-state index < -0.39 is 0 Å². The van der Waals surface area contributed by atoms with E-state index in [1.807, 2.05) is 0 Å². The number of benzene rings is 1. The van der Waals surface area contributed by atoms with E-state index in [1.165, 1.54) is 55.3 Å². The molecule has 2 aliphatic carbocycles. The monoisotopic (exact) mass is 302 g/mol. The van der Waals surface area contributed by atoms with Gasteiger partial charge in [-0.2, -0.15) is 0 Å². The molecule has 2 aliphatic rings. The largest absolute Gasteiger partial charge is 0.493 e. The zero-order valence-corrected chi connectivity index (χ0v) is 14.0. The molecule has 3 N–H and O–H groups in total. The minimum absolute atomic E-state index is 0.433. The number of rotatable bonds is 6. The molecule has 0 saturated heterocycles. The Kier molecular flexibility index (Phi) is 4.92.